The van der Waals surface area contributed by atoms with E-state index in [0.717, 1.165) is 22.3 Å². The van der Waals surface area contributed by atoms with Gasteiger partial charge in [0, 0.05) is 10.8 Å². The lowest BCUT2D eigenvalue weighted by molar-refractivity contribution is -0.128. The molecule has 44 heavy (non-hydrogen) atoms. The SMILES string of the molecule is CC(=C/C=C/C(C)=C/C=C/C=C(C)/C=C/C=C(C)/C=C/C(=O)C1(C)CC(O)CC1(C)C)/C=C/C(=O)C1(C)CC(O)CC1(C)C. The summed E-state index contributed by atoms with van der Waals surface area (Å²) < 4.78 is 0. The van der Waals surface area contributed by atoms with E-state index in [2.05, 4.69) is 27.7 Å². The molecule has 0 heterocycles. The Hall–Kier alpha value is -3.08. The van der Waals surface area contributed by atoms with Crippen LogP contribution in [0.2, 0.25) is 0 Å². The van der Waals surface area contributed by atoms with Crippen LogP contribution in [0.5, 0.6) is 0 Å². The summed E-state index contributed by atoms with van der Waals surface area (Å²) in [4.78, 5) is 25.9. The molecule has 2 aliphatic rings. The van der Waals surface area contributed by atoms with Crippen molar-refractivity contribution in [1.82, 2.24) is 0 Å². The predicted molar refractivity (Wildman–Crippen MR) is 185 cm³/mol. The summed E-state index contributed by atoms with van der Waals surface area (Å²) in [6, 6.07) is 0. The topological polar surface area (TPSA) is 74.6 Å². The van der Waals surface area contributed by atoms with Crippen molar-refractivity contribution in [2.24, 2.45) is 21.7 Å². The molecule has 0 aromatic heterocycles. The number of aliphatic hydroxyl groups is 2. The molecule has 0 bridgehead atoms. The molecule has 0 aliphatic heterocycles. The van der Waals surface area contributed by atoms with Gasteiger partial charge in [-0.3, -0.25) is 9.59 Å². The Morgan fingerprint density at radius 3 is 1.07 bits per heavy atom. The number of hydrogen-bond donors (Lipinski definition) is 2. The second kappa shape index (κ2) is 15.3. The Labute approximate surface area is 267 Å². The van der Waals surface area contributed by atoms with Gasteiger partial charge in [0.15, 0.2) is 11.6 Å². The van der Waals surface area contributed by atoms with E-state index in [1.165, 1.54) is 0 Å². The number of ketones is 2. The van der Waals surface area contributed by atoms with Crippen LogP contribution in [0.4, 0.5) is 0 Å². The highest BCUT2D eigenvalue weighted by atomic mass is 16.3. The lowest BCUT2D eigenvalue weighted by atomic mass is 9.66. The van der Waals surface area contributed by atoms with Gasteiger partial charge in [-0.2, -0.15) is 0 Å². The first-order valence-electron chi connectivity index (χ1n) is 15.9. The molecule has 2 saturated carbocycles. The van der Waals surface area contributed by atoms with Crippen molar-refractivity contribution in [1.29, 1.82) is 0 Å². The van der Waals surface area contributed by atoms with E-state index in [1.54, 1.807) is 12.2 Å². The molecule has 0 amide bonds. The largest absolute Gasteiger partial charge is 0.393 e. The van der Waals surface area contributed by atoms with Crippen LogP contribution in [0, 0.1) is 21.7 Å². The van der Waals surface area contributed by atoms with E-state index in [9.17, 15) is 19.8 Å². The van der Waals surface area contributed by atoms with Crippen molar-refractivity contribution in [2.75, 3.05) is 0 Å². The lowest BCUT2D eigenvalue weighted by Crippen LogP contribution is -2.36. The monoisotopic (exact) mass is 600 g/mol. The van der Waals surface area contributed by atoms with Gasteiger partial charge >= 0.3 is 0 Å². The molecule has 4 nitrogen and oxygen atoms in total. The second-order valence-electron chi connectivity index (χ2n) is 14.7. The molecule has 240 valence electrons. The molecule has 0 aromatic carbocycles. The zero-order chi connectivity index (χ0) is 33.3. The smallest absolute Gasteiger partial charge is 0.162 e. The summed E-state index contributed by atoms with van der Waals surface area (Å²) in [7, 11) is 0. The van der Waals surface area contributed by atoms with Crippen molar-refractivity contribution >= 4 is 11.6 Å². The summed E-state index contributed by atoms with van der Waals surface area (Å²) in [6.07, 6.45) is 28.6. The number of hydrogen-bond acceptors (Lipinski definition) is 4. The zero-order valence-corrected chi connectivity index (χ0v) is 28.8. The number of carbonyl (C=O) groups excluding carboxylic acids is 2. The molecule has 0 radical (unpaired) electrons. The van der Waals surface area contributed by atoms with Crippen molar-refractivity contribution in [3.05, 3.63) is 107 Å². The highest BCUT2D eigenvalue weighted by molar-refractivity contribution is 5.96. The molecule has 0 saturated heterocycles. The molecular formula is C40H56O4. The average Bonchev–Trinajstić information content (AvgIpc) is 3.27. The Kier molecular flexibility index (Phi) is 12.9. The van der Waals surface area contributed by atoms with Crippen LogP contribution in [-0.2, 0) is 9.59 Å². The standard InChI is InChI=1S/C40H56O4/c1-29(17-13-19-31(3)21-23-35(43)39(9)27-33(41)25-37(39,5)6)15-11-12-16-30(2)18-14-20-32(4)22-24-36(44)40(10)28-34(42)26-38(40,7)8/h11-24,33-34,41-42H,25-28H2,1-10H3/b12-11+,17-13+,18-14+,23-21+,24-22+,29-15+,30-16+,31-19-,32-20+. The zero-order valence-electron chi connectivity index (χ0n) is 28.8. The average molecular weight is 601 g/mol. The maximum absolute atomic E-state index is 12.9. The highest BCUT2D eigenvalue weighted by Crippen LogP contribution is 2.54. The molecule has 2 N–H and O–H groups in total. The van der Waals surface area contributed by atoms with E-state index in [1.807, 2.05) is 114 Å². The van der Waals surface area contributed by atoms with Crippen LogP contribution in [0.3, 0.4) is 0 Å². The first kappa shape index (κ1) is 37.1. The van der Waals surface area contributed by atoms with Crippen molar-refractivity contribution in [3.63, 3.8) is 0 Å². The van der Waals surface area contributed by atoms with E-state index in [4.69, 9.17) is 0 Å². The van der Waals surface area contributed by atoms with E-state index in [-0.39, 0.29) is 22.4 Å². The van der Waals surface area contributed by atoms with Crippen molar-refractivity contribution < 1.29 is 19.8 Å². The van der Waals surface area contributed by atoms with Gasteiger partial charge in [0.25, 0.3) is 0 Å². The summed E-state index contributed by atoms with van der Waals surface area (Å²) in [5.74, 6) is 0.148. The highest BCUT2D eigenvalue weighted by Gasteiger charge is 2.53. The van der Waals surface area contributed by atoms with Crippen LogP contribution in [0.25, 0.3) is 0 Å². The Morgan fingerprint density at radius 1 is 0.477 bits per heavy atom. The first-order valence-corrected chi connectivity index (χ1v) is 15.9. The van der Waals surface area contributed by atoms with E-state index < -0.39 is 23.0 Å². The lowest BCUT2D eigenvalue weighted by Gasteiger charge is -2.35. The van der Waals surface area contributed by atoms with Gasteiger partial charge in [0.2, 0.25) is 0 Å². The first-order chi connectivity index (χ1) is 20.3. The number of carbonyl (C=O) groups is 2. The summed E-state index contributed by atoms with van der Waals surface area (Å²) in [5.41, 5.74) is 2.65. The summed E-state index contributed by atoms with van der Waals surface area (Å²) in [5, 5.41) is 20.2. The molecule has 0 aromatic rings. The minimum Gasteiger partial charge on any atom is -0.393 e. The Balaban J connectivity index is 1.87. The van der Waals surface area contributed by atoms with Crippen LogP contribution < -0.4 is 0 Å². The van der Waals surface area contributed by atoms with E-state index >= 15 is 0 Å². The van der Waals surface area contributed by atoms with Gasteiger partial charge in [-0.05, 0) is 76.4 Å². The molecule has 2 rings (SSSR count). The molecule has 4 unspecified atom stereocenters. The van der Waals surface area contributed by atoms with Gasteiger partial charge in [-0.15, -0.1) is 0 Å². The van der Waals surface area contributed by atoms with Gasteiger partial charge < -0.3 is 10.2 Å². The number of rotatable bonds is 12. The van der Waals surface area contributed by atoms with Gasteiger partial charge in [-0.1, -0.05) is 137 Å². The molecule has 2 aliphatic carbocycles. The third kappa shape index (κ3) is 9.71. The van der Waals surface area contributed by atoms with E-state index in [0.29, 0.717) is 25.7 Å². The van der Waals surface area contributed by atoms with Crippen LogP contribution in [0.15, 0.2) is 107 Å². The summed E-state index contributed by atoms with van der Waals surface area (Å²) in [6.45, 7) is 20.2. The maximum atomic E-state index is 12.9. The minimum absolute atomic E-state index is 0.0742. The van der Waals surface area contributed by atoms with Gasteiger partial charge in [0.05, 0.1) is 12.2 Å². The van der Waals surface area contributed by atoms with Crippen LogP contribution >= 0.6 is 0 Å². The third-order valence-corrected chi connectivity index (χ3v) is 10.1. The van der Waals surface area contributed by atoms with Gasteiger partial charge in [0.1, 0.15) is 0 Å². The molecule has 0 spiro atoms. The maximum Gasteiger partial charge on any atom is 0.162 e. The van der Waals surface area contributed by atoms with Crippen LogP contribution in [-0.4, -0.2) is 34.0 Å². The Bertz CT molecular complexity index is 1230. The fourth-order valence-electron chi connectivity index (χ4n) is 6.26. The van der Waals surface area contributed by atoms with Crippen molar-refractivity contribution in [2.45, 2.75) is 107 Å². The van der Waals surface area contributed by atoms with Crippen LogP contribution in [0.1, 0.15) is 94.9 Å². The fraction of sp³-hybridized carbons (Fsp3) is 0.500. The number of allylic oxidation sites excluding steroid dienone is 18. The molecule has 2 fully saturated rings. The summed E-state index contributed by atoms with van der Waals surface area (Å²) >= 11 is 0. The molecular weight excluding hydrogens is 544 g/mol. The minimum atomic E-state index is -0.542. The van der Waals surface area contributed by atoms with Gasteiger partial charge in [-0.25, -0.2) is 0 Å². The predicted octanol–water partition coefficient (Wildman–Crippen LogP) is 9.07. The normalized spacial score (nSPS) is 30.3. The number of aliphatic hydroxyl groups excluding tert-OH is 2. The Morgan fingerprint density at radius 2 is 0.773 bits per heavy atom. The fourth-order valence-corrected chi connectivity index (χ4v) is 6.26. The van der Waals surface area contributed by atoms with Crippen molar-refractivity contribution in [3.8, 4) is 0 Å². The molecule has 4 heteroatoms. The third-order valence-electron chi connectivity index (χ3n) is 10.1. The quantitative estimate of drug-likeness (QED) is 0.173. The molecule has 4 atom stereocenters. The second-order valence-corrected chi connectivity index (χ2v) is 14.7.